The fraction of sp³-hybridized carbons (Fsp3) is 0.368. The van der Waals surface area contributed by atoms with Crippen LogP contribution in [-0.2, 0) is 0 Å². The zero-order chi connectivity index (χ0) is 20.0. The monoisotopic (exact) mass is 396 g/mol. The lowest BCUT2D eigenvalue weighted by Crippen LogP contribution is -2.27. The molecule has 0 radical (unpaired) electrons. The fourth-order valence-corrected chi connectivity index (χ4v) is 3.72. The van der Waals surface area contributed by atoms with Crippen LogP contribution in [0.4, 0.5) is 28.1 Å². The number of nitrogens with one attached hydrogen (secondary N) is 2. The van der Waals surface area contributed by atoms with Gasteiger partial charge in [-0.1, -0.05) is 12.1 Å². The summed E-state index contributed by atoms with van der Waals surface area (Å²) < 4.78 is 13.3. The Labute approximate surface area is 166 Å². The van der Waals surface area contributed by atoms with Crippen molar-refractivity contribution in [3.8, 4) is 0 Å². The summed E-state index contributed by atoms with van der Waals surface area (Å²) in [5.41, 5.74) is 7.88. The summed E-state index contributed by atoms with van der Waals surface area (Å²) in [6, 6.07) is 7.98. The molecule has 2 fully saturated rings. The number of nitrogens with two attached hydrogens (primary N) is 1. The Morgan fingerprint density at radius 1 is 1.17 bits per heavy atom. The van der Waals surface area contributed by atoms with E-state index in [0.717, 1.165) is 11.3 Å². The molecular weight excluding hydrogens is 375 g/mol. The Balaban J connectivity index is 1.42. The zero-order valence-corrected chi connectivity index (χ0v) is 15.6. The standard InChI is InChI=1S/C19H21FN8O/c20-12-5-3-11(4-6-12)15-7-13(29)9-28(15)19-24-17(21)23-18(25-19)22-16-8-14(26-27-16)10-1-2-10/h3-6,8,10,13,15,29H,1-2,7,9H2,(H4,21,22,23,24,25,26,27). The number of nitrogen functional groups attached to an aromatic ring is 1. The summed E-state index contributed by atoms with van der Waals surface area (Å²) in [6.07, 6.45) is 2.29. The summed E-state index contributed by atoms with van der Waals surface area (Å²) in [7, 11) is 0. The van der Waals surface area contributed by atoms with Crippen LogP contribution in [0.15, 0.2) is 30.3 Å². The largest absolute Gasteiger partial charge is 0.391 e. The molecule has 29 heavy (non-hydrogen) atoms. The van der Waals surface area contributed by atoms with E-state index in [1.807, 2.05) is 11.0 Å². The number of nitrogens with zero attached hydrogens (tertiary/aromatic N) is 5. The third-order valence-corrected chi connectivity index (χ3v) is 5.29. The highest BCUT2D eigenvalue weighted by atomic mass is 19.1. The maximum atomic E-state index is 13.3. The van der Waals surface area contributed by atoms with Crippen LogP contribution in [0.1, 0.15) is 42.5 Å². The summed E-state index contributed by atoms with van der Waals surface area (Å²) in [5, 5.41) is 20.6. The van der Waals surface area contributed by atoms with Gasteiger partial charge in [0.15, 0.2) is 5.82 Å². The molecule has 2 unspecified atom stereocenters. The average molecular weight is 396 g/mol. The molecule has 3 aromatic rings. The molecule has 5 N–H and O–H groups in total. The number of aliphatic hydroxyl groups is 1. The van der Waals surface area contributed by atoms with E-state index >= 15 is 0 Å². The number of H-pyrrole nitrogens is 1. The van der Waals surface area contributed by atoms with Crippen LogP contribution in [0.5, 0.6) is 0 Å². The van der Waals surface area contributed by atoms with Crippen molar-refractivity contribution >= 4 is 23.7 Å². The average Bonchev–Trinajstić information content (AvgIpc) is 3.32. The van der Waals surface area contributed by atoms with Crippen LogP contribution in [0, 0.1) is 5.82 Å². The van der Waals surface area contributed by atoms with Crippen LogP contribution in [0.25, 0.3) is 0 Å². The van der Waals surface area contributed by atoms with Gasteiger partial charge >= 0.3 is 0 Å². The molecule has 1 aliphatic carbocycles. The molecule has 1 aliphatic heterocycles. The zero-order valence-electron chi connectivity index (χ0n) is 15.6. The maximum Gasteiger partial charge on any atom is 0.235 e. The van der Waals surface area contributed by atoms with Crippen LogP contribution in [0.2, 0.25) is 0 Å². The second-order valence-electron chi connectivity index (χ2n) is 7.53. The van der Waals surface area contributed by atoms with Crippen LogP contribution >= 0.6 is 0 Å². The minimum absolute atomic E-state index is 0.0645. The van der Waals surface area contributed by atoms with Gasteiger partial charge in [0, 0.05) is 24.2 Å². The van der Waals surface area contributed by atoms with E-state index in [1.165, 1.54) is 25.0 Å². The quantitative estimate of drug-likeness (QED) is 0.517. The Kier molecular flexibility index (Phi) is 4.27. The molecule has 0 bridgehead atoms. The number of benzene rings is 1. The third kappa shape index (κ3) is 3.70. The van der Waals surface area contributed by atoms with Crippen molar-refractivity contribution in [1.82, 2.24) is 25.1 Å². The topological polar surface area (TPSA) is 129 Å². The molecule has 0 amide bonds. The van der Waals surface area contributed by atoms with E-state index in [4.69, 9.17) is 5.73 Å². The Morgan fingerprint density at radius 3 is 2.72 bits per heavy atom. The lowest BCUT2D eigenvalue weighted by molar-refractivity contribution is 0.194. The van der Waals surface area contributed by atoms with Gasteiger partial charge in [0.05, 0.1) is 12.1 Å². The first kappa shape index (κ1) is 17.8. The highest BCUT2D eigenvalue weighted by molar-refractivity contribution is 5.53. The first-order chi connectivity index (χ1) is 14.0. The predicted molar refractivity (Wildman–Crippen MR) is 105 cm³/mol. The minimum atomic E-state index is -0.549. The second-order valence-corrected chi connectivity index (χ2v) is 7.53. The molecule has 9 nitrogen and oxygen atoms in total. The number of β-amino-alcohol motifs (C(OH)–C–C–N with tert-alkyl or cyclic N) is 1. The van der Waals surface area contributed by atoms with E-state index in [9.17, 15) is 9.50 Å². The van der Waals surface area contributed by atoms with E-state index in [0.29, 0.717) is 30.6 Å². The number of hydrogen-bond donors (Lipinski definition) is 4. The van der Waals surface area contributed by atoms with Crippen molar-refractivity contribution in [1.29, 1.82) is 0 Å². The smallest absolute Gasteiger partial charge is 0.235 e. The van der Waals surface area contributed by atoms with Gasteiger partial charge in [-0.2, -0.15) is 20.1 Å². The number of halogens is 1. The van der Waals surface area contributed by atoms with Gasteiger partial charge in [0.25, 0.3) is 0 Å². The molecule has 2 atom stereocenters. The van der Waals surface area contributed by atoms with Crippen molar-refractivity contribution < 1.29 is 9.50 Å². The lowest BCUT2D eigenvalue weighted by atomic mass is 10.0. The van der Waals surface area contributed by atoms with Gasteiger partial charge in [0.1, 0.15) is 5.82 Å². The highest BCUT2D eigenvalue weighted by Crippen LogP contribution is 2.40. The molecule has 5 rings (SSSR count). The van der Waals surface area contributed by atoms with Crippen molar-refractivity contribution in [3.63, 3.8) is 0 Å². The molecule has 1 saturated carbocycles. The summed E-state index contributed by atoms with van der Waals surface area (Å²) in [5.74, 6) is 1.55. The Hall–Kier alpha value is -3.27. The van der Waals surface area contributed by atoms with Crippen molar-refractivity contribution in [2.24, 2.45) is 0 Å². The Bertz CT molecular complexity index is 1020. The van der Waals surface area contributed by atoms with Gasteiger partial charge in [0.2, 0.25) is 17.8 Å². The van der Waals surface area contributed by atoms with E-state index in [2.05, 4.69) is 30.5 Å². The number of aliphatic hydroxyl groups excluding tert-OH is 1. The molecule has 3 heterocycles. The van der Waals surface area contributed by atoms with Crippen LogP contribution in [0.3, 0.4) is 0 Å². The lowest BCUT2D eigenvalue weighted by Gasteiger charge is -2.25. The molecule has 0 spiro atoms. The number of aromatic amines is 1. The van der Waals surface area contributed by atoms with Crippen molar-refractivity contribution in [2.45, 2.75) is 37.3 Å². The van der Waals surface area contributed by atoms with Gasteiger partial charge in [-0.15, -0.1) is 0 Å². The van der Waals surface area contributed by atoms with Gasteiger partial charge in [-0.3, -0.25) is 5.10 Å². The molecule has 1 aromatic carbocycles. The number of rotatable bonds is 5. The SMILES string of the molecule is Nc1nc(Nc2cc(C3CC3)[nH]n2)nc(N2CC(O)CC2c2ccc(F)cc2)n1. The van der Waals surface area contributed by atoms with Gasteiger partial charge in [-0.25, -0.2) is 4.39 Å². The second kappa shape index (κ2) is 6.96. The van der Waals surface area contributed by atoms with E-state index in [-0.39, 0.29) is 23.8 Å². The predicted octanol–water partition coefficient (Wildman–Crippen LogP) is 2.25. The highest BCUT2D eigenvalue weighted by Gasteiger charge is 2.34. The van der Waals surface area contributed by atoms with E-state index in [1.54, 1.807) is 12.1 Å². The Morgan fingerprint density at radius 2 is 1.97 bits per heavy atom. The summed E-state index contributed by atoms with van der Waals surface area (Å²) >= 11 is 0. The maximum absolute atomic E-state index is 13.3. The number of anilines is 4. The first-order valence-electron chi connectivity index (χ1n) is 9.59. The molecule has 2 aliphatic rings. The first-order valence-corrected chi connectivity index (χ1v) is 9.59. The fourth-order valence-electron chi connectivity index (χ4n) is 3.72. The normalized spacial score (nSPS) is 21.5. The number of hydrogen-bond acceptors (Lipinski definition) is 8. The van der Waals surface area contributed by atoms with Gasteiger partial charge < -0.3 is 21.1 Å². The van der Waals surface area contributed by atoms with Crippen LogP contribution < -0.4 is 16.0 Å². The summed E-state index contributed by atoms with van der Waals surface area (Å²) in [6.45, 7) is 0.346. The van der Waals surface area contributed by atoms with Crippen LogP contribution in [-0.4, -0.2) is 42.9 Å². The van der Waals surface area contributed by atoms with E-state index < -0.39 is 6.10 Å². The molecule has 2 aromatic heterocycles. The number of aromatic nitrogens is 5. The van der Waals surface area contributed by atoms with Crippen molar-refractivity contribution in [2.75, 3.05) is 22.5 Å². The summed E-state index contributed by atoms with van der Waals surface area (Å²) in [4.78, 5) is 14.8. The molecule has 10 heteroatoms. The van der Waals surface area contributed by atoms with Gasteiger partial charge in [-0.05, 0) is 37.0 Å². The minimum Gasteiger partial charge on any atom is -0.391 e. The molecule has 1 saturated heterocycles. The van der Waals surface area contributed by atoms with Crippen molar-refractivity contribution in [3.05, 3.63) is 47.4 Å². The molecule has 150 valence electrons. The molecular formula is C19H21FN8O. The third-order valence-electron chi connectivity index (χ3n) is 5.29.